The minimum Gasteiger partial charge on any atom is -0.459 e. The maximum atomic E-state index is 13.4. The van der Waals surface area contributed by atoms with Crippen LogP contribution in [0.25, 0.3) is 0 Å². The Hall–Kier alpha value is -1.24. The molecule has 7 atom stereocenters. The number of ether oxygens (including phenoxy) is 4. The molecule has 0 aromatic heterocycles. The van der Waals surface area contributed by atoms with E-state index >= 15 is 0 Å². The average molecular weight is 461 g/mol. The van der Waals surface area contributed by atoms with E-state index in [0.29, 0.717) is 12.3 Å². The van der Waals surface area contributed by atoms with Gasteiger partial charge in [0.25, 0.3) is 0 Å². The zero-order valence-electron chi connectivity index (χ0n) is 20.9. The molecule has 1 unspecified atom stereocenters. The standard InChI is InChI=1S/C27H40O6/c1-16(2)6-7-21-25(4,33-21)23-22(30-5)20(10-13-27(23)15-31-27)32-24(29)19-14-26(17(3)28)11-8-18(19)9-12-26/h6,18-23H,7-15H2,1-5H3/t18?,19?,20-,21-,22-,23-,25+,26?,27+/m1/s1. The Labute approximate surface area is 197 Å². The van der Waals surface area contributed by atoms with Crippen LogP contribution >= 0.6 is 0 Å². The number of carbonyl (C=O) groups is 2. The Morgan fingerprint density at radius 3 is 2.36 bits per heavy atom. The second-order valence-electron chi connectivity index (χ2n) is 11.8. The van der Waals surface area contributed by atoms with E-state index in [1.807, 2.05) is 0 Å². The van der Waals surface area contributed by atoms with Crippen molar-refractivity contribution in [2.45, 2.75) is 109 Å². The summed E-state index contributed by atoms with van der Waals surface area (Å²) < 4.78 is 24.5. The lowest BCUT2D eigenvalue weighted by molar-refractivity contribution is -0.183. The van der Waals surface area contributed by atoms with Gasteiger partial charge in [-0.1, -0.05) is 11.6 Å². The van der Waals surface area contributed by atoms with Crippen molar-refractivity contribution >= 4 is 11.8 Å². The van der Waals surface area contributed by atoms with Crippen LogP contribution in [-0.2, 0) is 28.5 Å². The molecular formula is C27H40O6. The van der Waals surface area contributed by atoms with Gasteiger partial charge in [0.15, 0.2) is 0 Å². The van der Waals surface area contributed by atoms with Crippen LogP contribution < -0.4 is 0 Å². The SMILES string of the molecule is CO[C@@H]1[C@H](OC(=O)C2CC3(C(C)=O)CCC2CC3)CC[C@]2(CO2)[C@H]1[C@@]1(C)O[C@@H]1CC=C(C)C. The molecule has 4 saturated carbocycles. The topological polar surface area (TPSA) is 77.7 Å². The lowest BCUT2D eigenvalue weighted by atomic mass is 9.55. The van der Waals surface area contributed by atoms with Crippen molar-refractivity contribution in [3.05, 3.63) is 11.6 Å². The molecule has 0 aromatic carbocycles. The van der Waals surface area contributed by atoms with E-state index in [0.717, 1.165) is 51.6 Å². The van der Waals surface area contributed by atoms with Crippen molar-refractivity contribution in [2.75, 3.05) is 13.7 Å². The van der Waals surface area contributed by atoms with Crippen molar-refractivity contribution in [1.82, 2.24) is 0 Å². The number of esters is 1. The molecule has 6 aliphatic rings. The molecule has 1 spiro atoms. The van der Waals surface area contributed by atoms with Crippen molar-refractivity contribution < 1.29 is 28.5 Å². The number of hydrogen-bond acceptors (Lipinski definition) is 6. The molecule has 0 amide bonds. The smallest absolute Gasteiger partial charge is 0.309 e. The normalized spacial score (nSPS) is 47.8. The van der Waals surface area contributed by atoms with Crippen LogP contribution in [0.1, 0.15) is 79.1 Å². The van der Waals surface area contributed by atoms with Gasteiger partial charge in [0, 0.05) is 12.5 Å². The molecular weight excluding hydrogens is 420 g/mol. The number of methoxy groups -OCH3 is 1. The van der Waals surface area contributed by atoms with Crippen LogP contribution in [0.3, 0.4) is 0 Å². The highest BCUT2D eigenvalue weighted by molar-refractivity contribution is 5.84. The van der Waals surface area contributed by atoms with Gasteiger partial charge in [-0.2, -0.15) is 0 Å². The summed E-state index contributed by atoms with van der Waals surface area (Å²) in [5.41, 5.74) is 0.416. The van der Waals surface area contributed by atoms with E-state index in [9.17, 15) is 9.59 Å². The van der Waals surface area contributed by atoms with Crippen molar-refractivity contribution in [3.63, 3.8) is 0 Å². The summed E-state index contributed by atoms with van der Waals surface area (Å²) in [7, 11) is 1.71. The Balaban J connectivity index is 1.31. The fraction of sp³-hybridized carbons (Fsp3) is 0.852. The molecule has 6 fully saturated rings. The average Bonchev–Trinajstić information content (AvgIpc) is 3.71. The molecule has 33 heavy (non-hydrogen) atoms. The Morgan fingerprint density at radius 1 is 1.09 bits per heavy atom. The van der Waals surface area contributed by atoms with Crippen molar-refractivity contribution in [1.29, 1.82) is 0 Å². The third-order valence-electron chi connectivity index (χ3n) is 9.72. The van der Waals surface area contributed by atoms with Gasteiger partial charge in [-0.25, -0.2) is 0 Å². The monoisotopic (exact) mass is 460 g/mol. The molecule has 2 bridgehead atoms. The van der Waals surface area contributed by atoms with E-state index in [1.54, 1.807) is 14.0 Å². The molecule has 4 aliphatic carbocycles. The third-order valence-corrected chi connectivity index (χ3v) is 9.72. The van der Waals surface area contributed by atoms with E-state index in [2.05, 4.69) is 26.8 Å². The number of Topliss-reactive ketones (excluding diaryl/α,β-unsaturated/α-hetero) is 1. The first-order valence-corrected chi connectivity index (χ1v) is 12.8. The zero-order valence-corrected chi connectivity index (χ0v) is 20.9. The lowest BCUT2D eigenvalue weighted by Gasteiger charge is -2.49. The van der Waals surface area contributed by atoms with Crippen LogP contribution in [0.15, 0.2) is 11.6 Å². The molecule has 6 nitrogen and oxygen atoms in total. The first-order chi connectivity index (χ1) is 15.6. The molecule has 184 valence electrons. The van der Waals surface area contributed by atoms with Gasteiger partial charge in [-0.15, -0.1) is 0 Å². The van der Waals surface area contributed by atoms with Gasteiger partial charge >= 0.3 is 5.97 Å². The zero-order chi connectivity index (χ0) is 23.6. The molecule has 6 rings (SSSR count). The van der Waals surface area contributed by atoms with Gasteiger partial charge in [-0.05, 0) is 85.0 Å². The Bertz CT molecular complexity index is 832. The van der Waals surface area contributed by atoms with Gasteiger partial charge in [0.2, 0.25) is 0 Å². The predicted molar refractivity (Wildman–Crippen MR) is 123 cm³/mol. The minimum absolute atomic E-state index is 0.0310. The molecule has 6 heteroatoms. The maximum Gasteiger partial charge on any atom is 0.309 e. The quantitative estimate of drug-likeness (QED) is 0.319. The van der Waals surface area contributed by atoms with Crippen LogP contribution in [0, 0.1) is 23.2 Å². The Kier molecular flexibility index (Phi) is 5.81. The summed E-state index contributed by atoms with van der Waals surface area (Å²) in [5.74, 6) is 0.309. The largest absolute Gasteiger partial charge is 0.459 e. The third kappa shape index (κ3) is 3.90. The number of hydrogen-bond donors (Lipinski definition) is 0. The van der Waals surface area contributed by atoms with Gasteiger partial charge in [0.1, 0.15) is 29.2 Å². The highest BCUT2D eigenvalue weighted by Gasteiger charge is 2.72. The number of carbonyl (C=O) groups excluding carboxylic acids is 2. The number of ketones is 1. The van der Waals surface area contributed by atoms with Crippen LogP contribution in [0.4, 0.5) is 0 Å². The number of rotatable bonds is 7. The number of fused-ring (bicyclic) bond motifs is 3. The van der Waals surface area contributed by atoms with E-state index in [-0.39, 0.29) is 58.5 Å². The summed E-state index contributed by atoms with van der Waals surface area (Å²) in [6.45, 7) is 8.79. The Morgan fingerprint density at radius 2 is 1.79 bits per heavy atom. The molecule has 2 aliphatic heterocycles. The van der Waals surface area contributed by atoms with Crippen LogP contribution in [0.5, 0.6) is 0 Å². The van der Waals surface area contributed by atoms with Gasteiger partial charge < -0.3 is 18.9 Å². The predicted octanol–water partition coefficient (Wildman–Crippen LogP) is 4.39. The summed E-state index contributed by atoms with van der Waals surface area (Å²) in [6.07, 6.45) is 8.68. The number of allylic oxidation sites excluding steroid dienone is 1. The first-order valence-electron chi connectivity index (χ1n) is 12.8. The lowest BCUT2D eigenvalue weighted by Crippen LogP contribution is -2.56. The number of epoxide rings is 2. The van der Waals surface area contributed by atoms with Gasteiger partial charge in [-0.3, -0.25) is 9.59 Å². The fourth-order valence-electron chi connectivity index (χ4n) is 7.47. The van der Waals surface area contributed by atoms with E-state index < -0.39 is 0 Å². The highest BCUT2D eigenvalue weighted by Crippen LogP contribution is 2.60. The van der Waals surface area contributed by atoms with Crippen LogP contribution in [-0.4, -0.2) is 55.0 Å². The van der Waals surface area contributed by atoms with Crippen LogP contribution in [0.2, 0.25) is 0 Å². The summed E-state index contributed by atoms with van der Waals surface area (Å²) >= 11 is 0. The summed E-state index contributed by atoms with van der Waals surface area (Å²) in [4.78, 5) is 25.8. The molecule has 0 N–H and O–H groups in total. The van der Waals surface area contributed by atoms with E-state index in [4.69, 9.17) is 18.9 Å². The highest BCUT2D eigenvalue weighted by atomic mass is 16.6. The summed E-state index contributed by atoms with van der Waals surface area (Å²) in [6, 6.07) is 0. The molecule has 2 heterocycles. The van der Waals surface area contributed by atoms with Gasteiger partial charge in [0.05, 0.1) is 24.5 Å². The van der Waals surface area contributed by atoms with Crippen molar-refractivity contribution in [3.8, 4) is 0 Å². The fourth-order valence-corrected chi connectivity index (χ4v) is 7.47. The maximum absolute atomic E-state index is 13.4. The van der Waals surface area contributed by atoms with Crippen molar-refractivity contribution in [2.24, 2.45) is 23.2 Å². The van der Waals surface area contributed by atoms with E-state index in [1.165, 1.54) is 5.57 Å². The summed E-state index contributed by atoms with van der Waals surface area (Å²) in [5, 5.41) is 0. The molecule has 2 saturated heterocycles. The molecule has 0 radical (unpaired) electrons. The second-order valence-corrected chi connectivity index (χ2v) is 11.8. The minimum atomic E-state index is -0.337. The molecule has 0 aromatic rings. The first kappa shape index (κ1) is 23.5. The second kappa shape index (κ2) is 8.17.